The molecular weight excluding hydrogens is 432 g/mol. The topological polar surface area (TPSA) is 75.0 Å². The number of aryl methyl sites for hydroxylation is 3. The highest BCUT2D eigenvalue weighted by Crippen LogP contribution is 2.27. The quantitative estimate of drug-likeness (QED) is 0.610. The molecule has 0 unspecified atom stereocenters. The van der Waals surface area contributed by atoms with Crippen molar-refractivity contribution >= 4 is 43.6 Å². The standard InChI is InChI=1S/C19H21ClN4O3S2/c1-12-4-5-15(20)10-16(12)22-6-8-23(9-7-22)29(26,27)17-14(3)21-19-24(18(17)25)11-13(2)28-19/h4-5,10-11H,6-9H2,1-3H3. The van der Waals surface area contributed by atoms with Gasteiger partial charge in [0.25, 0.3) is 15.6 Å². The number of nitrogens with zero attached hydrogens (tertiary/aromatic N) is 4. The van der Waals surface area contributed by atoms with E-state index in [4.69, 9.17) is 11.6 Å². The minimum absolute atomic E-state index is 0.236. The molecule has 10 heteroatoms. The van der Waals surface area contributed by atoms with E-state index in [0.29, 0.717) is 36.2 Å². The van der Waals surface area contributed by atoms with Crippen molar-refractivity contribution in [1.29, 1.82) is 0 Å². The summed E-state index contributed by atoms with van der Waals surface area (Å²) in [5, 5.41) is 0.648. The van der Waals surface area contributed by atoms with E-state index in [-0.39, 0.29) is 10.6 Å². The SMILES string of the molecule is Cc1cn2c(=O)c(S(=O)(=O)N3CCN(c4cc(Cl)ccc4C)CC3)c(C)nc2s1. The molecule has 0 aliphatic carbocycles. The number of thiazole rings is 1. The van der Waals surface area contributed by atoms with Crippen molar-refractivity contribution in [2.45, 2.75) is 25.7 Å². The highest BCUT2D eigenvalue weighted by Gasteiger charge is 2.33. The molecule has 0 N–H and O–H groups in total. The van der Waals surface area contributed by atoms with Gasteiger partial charge >= 0.3 is 0 Å². The Balaban J connectivity index is 1.64. The molecule has 4 rings (SSSR count). The fourth-order valence-electron chi connectivity index (χ4n) is 3.66. The highest BCUT2D eigenvalue weighted by atomic mass is 35.5. The lowest BCUT2D eigenvalue weighted by Gasteiger charge is -2.36. The normalized spacial score (nSPS) is 15.9. The van der Waals surface area contributed by atoms with Crippen LogP contribution in [0.3, 0.4) is 0 Å². The van der Waals surface area contributed by atoms with Gasteiger partial charge in [-0.25, -0.2) is 13.4 Å². The lowest BCUT2D eigenvalue weighted by molar-refractivity contribution is 0.383. The smallest absolute Gasteiger partial charge is 0.279 e. The summed E-state index contributed by atoms with van der Waals surface area (Å²) in [6.45, 7) is 7.07. The van der Waals surface area contributed by atoms with Gasteiger partial charge in [0, 0.05) is 48.0 Å². The Hall–Kier alpha value is -1.94. The summed E-state index contributed by atoms with van der Waals surface area (Å²) in [4.78, 5) is 20.6. The Bertz CT molecular complexity index is 1260. The third-order valence-electron chi connectivity index (χ3n) is 5.12. The van der Waals surface area contributed by atoms with Crippen molar-refractivity contribution in [3.05, 3.63) is 55.9 Å². The van der Waals surface area contributed by atoms with Crippen LogP contribution in [0, 0.1) is 20.8 Å². The highest BCUT2D eigenvalue weighted by molar-refractivity contribution is 7.89. The molecule has 1 aliphatic heterocycles. The minimum Gasteiger partial charge on any atom is -0.369 e. The molecule has 0 atom stereocenters. The summed E-state index contributed by atoms with van der Waals surface area (Å²) < 4.78 is 29.3. The first-order valence-electron chi connectivity index (χ1n) is 9.19. The van der Waals surface area contributed by atoms with Crippen molar-refractivity contribution in [1.82, 2.24) is 13.7 Å². The number of piperazine rings is 1. The predicted molar refractivity (Wildman–Crippen MR) is 116 cm³/mol. The Morgan fingerprint density at radius 2 is 1.79 bits per heavy atom. The van der Waals surface area contributed by atoms with Crippen LogP contribution in [-0.4, -0.2) is 48.3 Å². The number of sulfonamides is 1. The Morgan fingerprint density at radius 1 is 1.10 bits per heavy atom. The molecule has 1 fully saturated rings. The number of aromatic nitrogens is 2. The largest absolute Gasteiger partial charge is 0.369 e. The lowest BCUT2D eigenvalue weighted by Crippen LogP contribution is -2.50. The zero-order valence-corrected chi connectivity index (χ0v) is 18.7. The Morgan fingerprint density at radius 3 is 2.48 bits per heavy atom. The van der Waals surface area contributed by atoms with E-state index >= 15 is 0 Å². The third kappa shape index (κ3) is 3.56. The van der Waals surface area contributed by atoms with Crippen LogP contribution in [0.1, 0.15) is 16.1 Å². The van der Waals surface area contributed by atoms with E-state index < -0.39 is 15.6 Å². The average Bonchev–Trinajstić information content (AvgIpc) is 3.04. The van der Waals surface area contributed by atoms with Gasteiger partial charge in [-0.3, -0.25) is 9.20 Å². The van der Waals surface area contributed by atoms with Gasteiger partial charge in [0.1, 0.15) is 0 Å². The van der Waals surface area contributed by atoms with E-state index in [0.717, 1.165) is 16.1 Å². The monoisotopic (exact) mass is 452 g/mol. The van der Waals surface area contributed by atoms with E-state index in [9.17, 15) is 13.2 Å². The third-order valence-corrected chi connectivity index (χ3v) is 8.29. The maximum absolute atomic E-state index is 13.3. The van der Waals surface area contributed by atoms with E-state index in [1.165, 1.54) is 20.0 Å². The van der Waals surface area contributed by atoms with Crippen LogP contribution < -0.4 is 10.5 Å². The summed E-state index contributed by atoms with van der Waals surface area (Å²) in [7, 11) is -3.94. The van der Waals surface area contributed by atoms with E-state index in [1.807, 2.05) is 32.0 Å². The van der Waals surface area contributed by atoms with Gasteiger partial charge in [0.2, 0.25) is 0 Å². The first-order valence-corrected chi connectivity index (χ1v) is 11.8. The zero-order valence-electron chi connectivity index (χ0n) is 16.3. The molecule has 0 amide bonds. The van der Waals surface area contributed by atoms with Gasteiger partial charge in [-0.2, -0.15) is 4.31 Å². The molecule has 3 heterocycles. The van der Waals surface area contributed by atoms with Crippen molar-refractivity contribution in [2.24, 2.45) is 0 Å². The first-order chi connectivity index (χ1) is 13.7. The van der Waals surface area contributed by atoms with Crippen LogP contribution in [0.15, 0.2) is 34.1 Å². The fraction of sp³-hybridized carbons (Fsp3) is 0.368. The molecule has 3 aromatic rings. The molecule has 0 radical (unpaired) electrons. The van der Waals surface area contributed by atoms with Gasteiger partial charge in [-0.05, 0) is 38.5 Å². The minimum atomic E-state index is -3.94. The van der Waals surface area contributed by atoms with Crippen molar-refractivity contribution in [3.63, 3.8) is 0 Å². The van der Waals surface area contributed by atoms with Crippen LogP contribution in [-0.2, 0) is 10.0 Å². The number of hydrogen-bond acceptors (Lipinski definition) is 6. The van der Waals surface area contributed by atoms with Gasteiger partial charge < -0.3 is 4.90 Å². The molecule has 1 aromatic carbocycles. The second kappa shape index (κ2) is 7.39. The average molecular weight is 453 g/mol. The lowest BCUT2D eigenvalue weighted by atomic mass is 10.1. The number of fused-ring (bicyclic) bond motifs is 1. The molecule has 29 heavy (non-hydrogen) atoms. The molecule has 1 saturated heterocycles. The van der Waals surface area contributed by atoms with Crippen molar-refractivity contribution in [3.8, 4) is 0 Å². The van der Waals surface area contributed by atoms with Gasteiger partial charge in [-0.1, -0.05) is 17.7 Å². The van der Waals surface area contributed by atoms with E-state index in [2.05, 4.69) is 9.88 Å². The maximum atomic E-state index is 13.3. The molecule has 0 saturated carbocycles. The molecule has 7 nitrogen and oxygen atoms in total. The summed E-state index contributed by atoms with van der Waals surface area (Å²) in [6, 6.07) is 5.69. The number of halogens is 1. The first kappa shape index (κ1) is 20.3. The molecule has 154 valence electrons. The molecule has 1 aliphatic rings. The number of hydrogen-bond donors (Lipinski definition) is 0. The summed E-state index contributed by atoms with van der Waals surface area (Å²) in [5.41, 5.74) is 1.79. The maximum Gasteiger partial charge on any atom is 0.279 e. The van der Waals surface area contributed by atoms with Crippen LogP contribution in [0.25, 0.3) is 4.96 Å². The van der Waals surface area contributed by atoms with Crippen molar-refractivity contribution in [2.75, 3.05) is 31.1 Å². The fourth-order valence-corrected chi connectivity index (χ4v) is 6.32. The summed E-state index contributed by atoms with van der Waals surface area (Å²) in [6.07, 6.45) is 1.63. The van der Waals surface area contributed by atoms with E-state index in [1.54, 1.807) is 13.1 Å². The van der Waals surface area contributed by atoms with Crippen LogP contribution in [0.2, 0.25) is 5.02 Å². The molecule has 0 bridgehead atoms. The summed E-state index contributed by atoms with van der Waals surface area (Å²) in [5.74, 6) is 0. The summed E-state index contributed by atoms with van der Waals surface area (Å²) >= 11 is 7.49. The second-order valence-electron chi connectivity index (χ2n) is 7.15. The number of rotatable bonds is 3. The van der Waals surface area contributed by atoms with Crippen molar-refractivity contribution < 1.29 is 8.42 Å². The van der Waals surface area contributed by atoms with Gasteiger partial charge in [0.15, 0.2) is 9.86 Å². The number of anilines is 1. The Kier molecular flexibility index (Phi) is 5.18. The molecule has 2 aromatic heterocycles. The van der Waals surface area contributed by atoms with Crippen LogP contribution in [0.5, 0.6) is 0 Å². The second-order valence-corrected chi connectivity index (χ2v) is 10.7. The van der Waals surface area contributed by atoms with Crippen LogP contribution >= 0.6 is 22.9 Å². The Labute approximate surface area is 178 Å². The van der Waals surface area contributed by atoms with Crippen LogP contribution in [0.4, 0.5) is 5.69 Å². The number of benzene rings is 1. The van der Waals surface area contributed by atoms with Gasteiger partial charge in [-0.15, -0.1) is 11.3 Å². The zero-order chi connectivity index (χ0) is 20.9. The molecule has 0 spiro atoms. The molecular formula is C19H21ClN4O3S2. The van der Waals surface area contributed by atoms with Gasteiger partial charge in [0.05, 0.1) is 5.69 Å². The predicted octanol–water partition coefficient (Wildman–Crippen LogP) is 2.85.